The van der Waals surface area contributed by atoms with Crippen LogP contribution in [0.1, 0.15) is 21.6 Å². The lowest BCUT2D eigenvalue weighted by atomic mass is 10.1. The molecule has 0 unspecified atom stereocenters. The van der Waals surface area contributed by atoms with Gasteiger partial charge in [-0.05, 0) is 31.2 Å². The van der Waals surface area contributed by atoms with Crippen LogP contribution in [0, 0.1) is 6.92 Å². The van der Waals surface area contributed by atoms with E-state index in [9.17, 15) is 4.79 Å². The van der Waals surface area contributed by atoms with Crippen LogP contribution in [0.5, 0.6) is 5.75 Å². The van der Waals surface area contributed by atoms with Crippen molar-refractivity contribution in [2.75, 3.05) is 0 Å². The smallest absolute Gasteiger partial charge is 0.278 e. The second kappa shape index (κ2) is 6.46. The first-order chi connectivity index (χ1) is 11.2. The van der Waals surface area contributed by atoms with Gasteiger partial charge in [0.2, 0.25) is 0 Å². The van der Waals surface area contributed by atoms with Crippen LogP contribution in [-0.4, -0.2) is 16.1 Å². The highest BCUT2D eigenvalue weighted by atomic mass is 16.5. The average molecular weight is 308 g/mol. The number of aromatic nitrogens is 1. The van der Waals surface area contributed by atoms with Gasteiger partial charge in [0.25, 0.3) is 5.91 Å². The molecule has 1 aromatic heterocycles. The van der Waals surface area contributed by atoms with Gasteiger partial charge in [0.05, 0.1) is 11.1 Å². The van der Waals surface area contributed by atoms with Crippen molar-refractivity contribution in [1.82, 2.24) is 10.5 Å². The number of para-hydroxylation sites is 2. The maximum atomic E-state index is 11.7. The van der Waals surface area contributed by atoms with Gasteiger partial charge in [-0.2, -0.15) is 0 Å². The highest BCUT2D eigenvalue weighted by Crippen LogP contribution is 2.23. The minimum Gasteiger partial charge on any atom is -0.488 e. The Morgan fingerprint density at radius 3 is 2.74 bits per heavy atom. The molecule has 2 N–H and O–H groups in total. The normalized spacial score (nSPS) is 10.5. The third-order valence-corrected chi connectivity index (χ3v) is 3.55. The summed E-state index contributed by atoms with van der Waals surface area (Å²) in [5.74, 6) is -0.186. The third-order valence-electron chi connectivity index (χ3n) is 3.55. The van der Waals surface area contributed by atoms with E-state index in [-0.39, 0.29) is 5.56 Å². The van der Waals surface area contributed by atoms with Gasteiger partial charge >= 0.3 is 0 Å². The first-order valence-corrected chi connectivity index (χ1v) is 7.20. The molecule has 0 spiro atoms. The summed E-state index contributed by atoms with van der Waals surface area (Å²) in [6.07, 6.45) is 0. The number of nitrogens with one attached hydrogen (secondary N) is 1. The topological polar surface area (TPSA) is 71.5 Å². The number of carbonyl (C=O) groups is 1. The van der Waals surface area contributed by atoms with Gasteiger partial charge in [-0.25, -0.2) is 5.48 Å². The monoisotopic (exact) mass is 308 g/mol. The summed E-state index contributed by atoms with van der Waals surface area (Å²) in [5.41, 5.74) is 4.72. The molecule has 116 valence electrons. The van der Waals surface area contributed by atoms with Crippen molar-refractivity contribution >= 4 is 16.8 Å². The van der Waals surface area contributed by atoms with Crippen molar-refractivity contribution in [3.63, 3.8) is 0 Å². The highest BCUT2D eigenvalue weighted by Gasteiger charge is 2.12. The maximum Gasteiger partial charge on any atom is 0.278 e. The number of aryl methyl sites for hydroxylation is 1. The first kappa shape index (κ1) is 15.0. The molecule has 0 saturated carbocycles. The molecule has 5 heteroatoms. The highest BCUT2D eigenvalue weighted by molar-refractivity contribution is 5.96. The Morgan fingerprint density at radius 1 is 1.17 bits per heavy atom. The largest absolute Gasteiger partial charge is 0.488 e. The summed E-state index contributed by atoms with van der Waals surface area (Å²) < 4.78 is 5.81. The molecule has 0 aliphatic heterocycles. The number of hydrogen-bond acceptors (Lipinski definition) is 4. The lowest BCUT2D eigenvalue weighted by molar-refractivity contribution is 0.0701. The number of ether oxygens (including phenoxy) is 1. The number of fused-ring (bicyclic) bond motifs is 1. The van der Waals surface area contributed by atoms with Crippen molar-refractivity contribution in [3.05, 3.63) is 71.4 Å². The summed E-state index contributed by atoms with van der Waals surface area (Å²) in [5, 5.41) is 9.83. The van der Waals surface area contributed by atoms with Crippen LogP contribution in [0.2, 0.25) is 0 Å². The molecule has 23 heavy (non-hydrogen) atoms. The molecule has 5 nitrogen and oxygen atoms in total. The predicted molar refractivity (Wildman–Crippen MR) is 86.5 cm³/mol. The Labute approximate surface area is 133 Å². The van der Waals surface area contributed by atoms with Crippen LogP contribution in [0.4, 0.5) is 0 Å². The van der Waals surface area contributed by atoms with Crippen LogP contribution >= 0.6 is 0 Å². The summed E-state index contributed by atoms with van der Waals surface area (Å²) in [6.45, 7) is 2.24. The fourth-order valence-electron chi connectivity index (χ4n) is 2.51. The molecule has 0 bridgehead atoms. The minimum absolute atomic E-state index is 0.282. The minimum atomic E-state index is -0.601. The molecule has 0 saturated heterocycles. The van der Waals surface area contributed by atoms with Gasteiger partial charge in [0.15, 0.2) is 0 Å². The van der Waals surface area contributed by atoms with E-state index < -0.39 is 5.91 Å². The molecule has 3 rings (SSSR count). The van der Waals surface area contributed by atoms with Crippen LogP contribution in [-0.2, 0) is 6.61 Å². The molecule has 2 aromatic carbocycles. The van der Waals surface area contributed by atoms with Crippen molar-refractivity contribution in [1.29, 1.82) is 0 Å². The number of hydrogen-bond donors (Lipinski definition) is 2. The van der Waals surface area contributed by atoms with Gasteiger partial charge in [0.1, 0.15) is 12.4 Å². The van der Waals surface area contributed by atoms with E-state index in [1.807, 2.05) is 37.3 Å². The second-order valence-electron chi connectivity index (χ2n) is 5.17. The number of amides is 1. The van der Waals surface area contributed by atoms with Crippen LogP contribution in [0.25, 0.3) is 10.9 Å². The fraction of sp³-hybridized carbons (Fsp3) is 0.111. The first-order valence-electron chi connectivity index (χ1n) is 7.20. The zero-order chi connectivity index (χ0) is 16.2. The van der Waals surface area contributed by atoms with Gasteiger partial charge in [0, 0.05) is 16.6 Å². The molecule has 0 radical (unpaired) electrons. The molecule has 0 fully saturated rings. The van der Waals surface area contributed by atoms with Crippen LogP contribution in [0.15, 0.2) is 54.6 Å². The molecule has 0 aliphatic carbocycles. The van der Waals surface area contributed by atoms with Gasteiger partial charge < -0.3 is 4.74 Å². The van der Waals surface area contributed by atoms with E-state index in [2.05, 4.69) is 4.98 Å². The van der Waals surface area contributed by atoms with Crippen LogP contribution < -0.4 is 10.2 Å². The Hall–Kier alpha value is -2.92. The summed E-state index contributed by atoms with van der Waals surface area (Å²) in [6, 6.07) is 16.6. The van der Waals surface area contributed by atoms with Crippen molar-refractivity contribution < 1.29 is 14.7 Å². The van der Waals surface area contributed by atoms with Gasteiger partial charge in [-0.3, -0.25) is 15.0 Å². The molecule has 0 atom stereocenters. The molecule has 3 aromatic rings. The van der Waals surface area contributed by atoms with Crippen LogP contribution in [0.3, 0.4) is 0 Å². The number of benzene rings is 2. The molecule has 1 amide bonds. The number of nitrogens with zero attached hydrogens (tertiary/aromatic N) is 1. The average Bonchev–Trinajstić information content (AvgIpc) is 2.59. The molecule has 1 heterocycles. The molecular formula is C18H16N2O3. The van der Waals surface area contributed by atoms with E-state index in [0.29, 0.717) is 12.4 Å². The van der Waals surface area contributed by atoms with Crippen molar-refractivity contribution in [3.8, 4) is 5.75 Å². The summed E-state index contributed by atoms with van der Waals surface area (Å²) in [4.78, 5) is 16.2. The van der Waals surface area contributed by atoms with E-state index in [1.54, 1.807) is 29.7 Å². The van der Waals surface area contributed by atoms with E-state index in [4.69, 9.17) is 9.94 Å². The lowest BCUT2D eigenvalue weighted by Gasteiger charge is -2.12. The Bertz CT molecular complexity index is 862. The van der Waals surface area contributed by atoms with Crippen molar-refractivity contribution in [2.24, 2.45) is 0 Å². The SMILES string of the molecule is Cc1cc(COc2ccccc2C(=O)NO)c2ccccc2n1. The second-order valence-corrected chi connectivity index (χ2v) is 5.17. The standard InChI is InChI=1S/C18H16N2O3/c1-12-10-13(14-6-2-4-8-16(14)19-12)11-23-17-9-5-3-7-15(17)18(21)20-22/h2-10,22H,11H2,1H3,(H,20,21). The number of rotatable bonds is 4. The maximum absolute atomic E-state index is 11.7. The van der Waals surface area contributed by atoms with Crippen molar-refractivity contribution in [2.45, 2.75) is 13.5 Å². The third kappa shape index (κ3) is 3.14. The number of carbonyl (C=O) groups excluding carboxylic acids is 1. The number of pyridine rings is 1. The fourth-order valence-corrected chi connectivity index (χ4v) is 2.51. The van der Waals surface area contributed by atoms with Gasteiger partial charge in [-0.15, -0.1) is 0 Å². The summed E-state index contributed by atoms with van der Waals surface area (Å²) >= 11 is 0. The molecule has 0 aliphatic rings. The molecular weight excluding hydrogens is 292 g/mol. The number of hydroxylamine groups is 1. The Balaban J connectivity index is 1.92. The quantitative estimate of drug-likeness (QED) is 0.573. The zero-order valence-corrected chi connectivity index (χ0v) is 12.6. The predicted octanol–water partition coefficient (Wildman–Crippen LogP) is 3.24. The Morgan fingerprint density at radius 2 is 1.91 bits per heavy atom. The van der Waals surface area contributed by atoms with Gasteiger partial charge in [-0.1, -0.05) is 30.3 Å². The van der Waals surface area contributed by atoms with E-state index >= 15 is 0 Å². The zero-order valence-electron chi connectivity index (χ0n) is 12.6. The lowest BCUT2D eigenvalue weighted by Crippen LogP contribution is -2.19. The summed E-state index contributed by atoms with van der Waals surface area (Å²) in [7, 11) is 0. The van der Waals surface area contributed by atoms with E-state index in [1.165, 1.54) is 0 Å². The Kier molecular flexibility index (Phi) is 4.21. The van der Waals surface area contributed by atoms with E-state index in [0.717, 1.165) is 22.2 Å².